The van der Waals surface area contributed by atoms with E-state index in [0.717, 1.165) is 10.4 Å². The van der Waals surface area contributed by atoms with Crippen molar-refractivity contribution in [1.29, 1.82) is 0 Å². The lowest BCUT2D eigenvalue weighted by Gasteiger charge is -2.14. The molecule has 0 radical (unpaired) electrons. The van der Waals surface area contributed by atoms with Gasteiger partial charge in [0, 0.05) is 12.4 Å². The summed E-state index contributed by atoms with van der Waals surface area (Å²) < 4.78 is 2.13. The number of thiophene rings is 1. The van der Waals surface area contributed by atoms with Gasteiger partial charge in [0.25, 0.3) is 0 Å². The molecular weight excluding hydrogens is 330 g/mol. The van der Waals surface area contributed by atoms with Crippen LogP contribution >= 0.6 is 23.6 Å². The van der Waals surface area contributed by atoms with Gasteiger partial charge in [-0.15, -0.1) is 11.3 Å². The molecule has 3 heterocycles. The molecule has 0 aliphatic carbocycles. The molecule has 0 fully saturated rings. The summed E-state index contributed by atoms with van der Waals surface area (Å²) in [4.78, 5) is 17.3. The number of H-pyrrole nitrogens is 1. The minimum atomic E-state index is -0.121. The Morgan fingerprint density at radius 3 is 2.91 bits per heavy atom. The molecule has 0 saturated heterocycles. The number of nitrogens with zero attached hydrogens (tertiary/aromatic N) is 3. The summed E-state index contributed by atoms with van der Waals surface area (Å²) in [5.41, 5.74) is 1.00. The molecule has 3 aromatic heterocycles. The molecule has 6 nitrogen and oxygen atoms in total. The van der Waals surface area contributed by atoms with E-state index in [1.54, 1.807) is 28.3 Å². The minimum Gasteiger partial charge on any atom is -0.348 e. The summed E-state index contributed by atoms with van der Waals surface area (Å²) in [5.74, 6) is 0.557. The number of rotatable bonds is 5. The zero-order chi connectivity index (χ0) is 16.2. The van der Waals surface area contributed by atoms with Gasteiger partial charge < -0.3 is 5.32 Å². The fourth-order valence-electron chi connectivity index (χ4n) is 2.22. The van der Waals surface area contributed by atoms with Gasteiger partial charge in [-0.1, -0.05) is 6.07 Å². The van der Waals surface area contributed by atoms with Crippen molar-refractivity contribution in [2.45, 2.75) is 19.5 Å². The second-order valence-electron chi connectivity index (χ2n) is 4.99. The number of carbonyl (C=O) groups excluding carboxylic acids is 1. The molecule has 0 unspecified atom stereocenters. The number of aromatic amines is 1. The molecule has 23 heavy (non-hydrogen) atoms. The van der Waals surface area contributed by atoms with Gasteiger partial charge in [0.1, 0.15) is 6.54 Å². The molecule has 3 rings (SSSR count). The maximum Gasteiger partial charge on any atom is 0.240 e. The molecule has 118 valence electrons. The number of aromatic nitrogens is 4. The van der Waals surface area contributed by atoms with E-state index in [1.165, 1.54) is 0 Å². The highest BCUT2D eigenvalue weighted by atomic mass is 32.1. The van der Waals surface area contributed by atoms with Gasteiger partial charge in [-0.2, -0.15) is 5.10 Å². The molecule has 1 atom stereocenters. The topological polar surface area (TPSA) is 75.6 Å². The SMILES string of the molecule is C[C@H](NC(=O)Cn1c(-c2cccs2)n[nH]c1=S)c1ccncc1. The van der Waals surface area contributed by atoms with E-state index in [9.17, 15) is 4.79 Å². The largest absolute Gasteiger partial charge is 0.348 e. The fraction of sp³-hybridized carbons (Fsp3) is 0.200. The molecule has 0 aliphatic heterocycles. The third kappa shape index (κ3) is 3.54. The van der Waals surface area contributed by atoms with Gasteiger partial charge in [-0.25, -0.2) is 0 Å². The molecule has 0 aromatic carbocycles. The molecule has 2 N–H and O–H groups in total. The van der Waals surface area contributed by atoms with Crippen molar-refractivity contribution in [3.63, 3.8) is 0 Å². The lowest BCUT2D eigenvalue weighted by Crippen LogP contribution is -2.30. The normalized spacial score (nSPS) is 12.0. The summed E-state index contributed by atoms with van der Waals surface area (Å²) in [5, 5.41) is 11.9. The van der Waals surface area contributed by atoms with Gasteiger partial charge in [0.15, 0.2) is 10.6 Å². The second-order valence-corrected chi connectivity index (χ2v) is 6.32. The summed E-state index contributed by atoms with van der Waals surface area (Å²) >= 11 is 6.79. The Labute approximate surface area is 142 Å². The van der Waals surface area contributed by atoms with Gasteiger partial charge in [0.05, 0.1) is 10.9 Å². The Kier molecular flexibility index (Phi) is 4.63. The minimum absolute atomic E-state index is 0.100. The Hall–Kier alpha value is -2.32. The van der Waals surface area contributed by atoms with E-state index in [0.29, 0.717) is 10.6 Å². The highest BCUT2D eigenvalue weighted by molar-refractivity contribution is 7.71. The molecule has 1 amide bonds. The maximum atomic E-state index is 12.3. The van der Waals surface area contributed by atoms with Gasteiger partial charge in [0.2, 0.25) is 5.91 Å². The maximum absolute atomic E-state index is 12.3. The molecule has 3 aromatic rings. The first-order valence-corrected chi connectivity index (χ1v) is 8.32. The molecule has 0 spiro atoms. The predicted molar refractivity (Wildman–Crippen MR) is 91.5 cm³/mol. The molecule has 0 saturated carbocycles. The first kappa shape index (κ1) is 15.6. The van der Waals surface area contributed by atoms with E-state index >= 15 is 0 Å². The number of hydrogen-bond acceptors (Lipinski definition) is 5. The van der Waals surface area contributed by atoms with Crippen LogP contribution in [-0.2, 0) is 11.3 Å². The van der Waals surface area contributed by atoms with Crippen LogP contribution in [0.15, 0.2) is 42.0 Å². The quantitative estimate of drug-likeness (QED) is 0.697. The van der Waals surface area contributed by atoms with Crippen molar-refractivity contribution in [2.75, 3.05) is 0 Å². The average molecular weight is 345 g/mol. The van der Waals surface area contributed by atoms with Crippen LogP contribution in [0.3, 0.4) is 0 Å². The predicted octanol–water partition coefficient (Wildman–Crippen LogP) is 2.94. The molecule has 0 bridgehead atoms. The average Bonchev–Trinajstić information content (AvgIpc) is 3.19. The van der Waals surface area contributed by atoms with Crippen LogP contribution in [0.25, 0.3) is 10.7 Å². The van der Waals surface area contributed by atoms with Crippen molar-refractivity contribution in [1.82, 2.24) is 25.1 Å². The van der Waals surface area contributed by atoms with Crippen LogP contribution in [0.1, 0.15) is 18.5 Å². The van der Waals surface area contributed by atoms with Crippen molar-refractivity contribution >= 4 is 29.5 Å². The third-order valence-corrected chi connectivity index (χ3v) is 4.56. The summed E-state index contributed by atoms with van der Waals surface area (Å²) in [6, 6.07) is 7.55. The second kappa shape index (κ2) is 6.84. The standard InChI is InChI=1S/C15H15N5OS2/c1-10(11-4-6-16-7-5-11)17-13(21)9-20-14(18-19-15(20)22)12-3-2-8-23-12/h2-8,10H,9H2,1H3,(H,17,21)(H,19,22)/t10-/m0/s1. The number of carbonyl (C=O) groups is 1. The van der Waals surface area contributed by atoms with E-state index < -0.39 is 0 Å². The molecule has 8 heteroatoms. The van der Waals surface area contributed by atoms with Crippen molar-refractivity contribution < 1.29 is 4.79 Å². The van der Waals surface area contributed by atoms with Crippen molar-refractivity contribution in [3.8, 4) is 10.7 Å². The van der Waals surface area contributed by atoms with Crippen LogP contribution in [0, 0.1) is 4.77 Å². The zero-order valence-corrected chi connectivity index (χ0v) is 14.0. The molecular formula is C15H15N5OS2. The highest BCUT2D eigenvalue weighted by Gasteiger charge is 2.15. The smallest absolute Gasteiger partial charge is 0.240 e. The first-order valence-electron chi connectivity index (χ1n) is 7.03. The van der Waals surface area contributed by atoms with E-state index in [2.05, 4.69) is 20.5 Å². The van der Waals surface area contributed by atoms with E-state index in [1.807, 2.05) is 36.6 Å². The van der Waals surface area contributed by atoms with E-state index in [-0.39, 0.29) is 18.5 Å². The Balaban J connectivity index is 1.74. The van der Waals surface area contributed by atoms with Gasteiger partial charge >= 0.3 is 0 Å². The summed E-state index contributed by atoms with van der Waals surface area (Å²) in [6.07, 6.45) is 3.41. The number of nitrogens with one attached hydrogen (secondary N) is 2. The third-order valence-electron chi connectivity index (χ3n) is 3.39. The fourth-order valence-corrected chi connectivity index (χ4v) is 3.14. The van der Waals surface area contributed by atoms with Crippen LogP contribution in [0.5, 0.6) is 0 Å². The Bertz CT molecular complexity index is 838. The molecule has 0 aliphatic rings. The first-order chi connectivity index (χ1) is 11.1. The van der Waals surface area contributed by atoms with Crippen LogP contribution in [0.4, 0.5) is 0 Å². The van der Waals surface area contributed by atoms with Crippen molar-refractivity contribution in [2.24, 2.45) is 0 Å². The van der Waals surface area contributed by atoms with Crippen LogP contribution in [-0.4, -0.2) is 25.7 Å². The van der Waals surface area contributed by atoms with Crippen LogP contribution in [0.2, 0.25) is 0 Å². The lowest BCUT2D eigenvalue weighted by molar-refractivity contribution is -0.122. The number of pyridine rings is 1. The van der Waals surface area contributed by atoms with Gasteiger partial charge in [-0.3, -0.25) is 19.4 Å². The number of hydrogen-bond donors (Lipinski definition) is 2. The highest BCUT2D eigenvalue weighted by Crippen LogP contribution is 2.22. The van der Waals surface area contributed by atoms with Crippen molar-refractivity contribution in [3.05, 3.63) is 52.4 Å². The zero-order valence-electron chi connectivity index (χ0n) is 12.4. The summed E-state index contributed by atoms with van der Waals surface area (Å²) in [7, 11) is 0. The monoisotopic (exact) mass is 345 g/mol. The number of amides is 1. The lowest BCUT2D eigenvalue weighted by atomic mass is 10.1. The van der Waals surface area contributed by atoms with Gasteiger partial charge in [-0.05, 0) is 48.3 Å². The van der Waals surface area contributed by atoms with E-state index in [4.69, 9.17) is 12.2 Å². The Morgan fingerprint density at radius 1 is 1.43 bits per heavy atom. The summed E-state index contributed by atoms with van der Waals surface area (Å²) in [6.45, 7) is 2.06. The van der Waals surface area contributed by atoms with Crippen LogP contribution < -0.4 is 5.32 Å². The Morgan fingerprint density at radius 2 is 2.22 bits per heavy atom.